The minimum absolute atomic E-state index is 0.0173. The lowest BCUT2D eigenvalue weighted by Gasteiger charge is -2.13. The number of nitrogens with one attached hydrogen (secondary N) is 3. The standard InChI is InChI=1S/C20H27N5O6S/c1-4-7-15-14(18(19(21)27)24-23-15)11-22-20(28)13-10-12(8-9-16(13)31-6-3)32(29,30)25-17(26)5-2/h8-10H,4-7,11H2,1-3H3,(H2,21,27)(H,22,28)(H,23,24)(H,25,26). The first-order valence-corrected chi connectivity index (χ1v) is 11.6. The maximum Gasteiger partial charge on any atom is 0.267 e. The van der Waals surface area contributed by atoms with Crippen molar-refractivity contribution in [1.82, 2.24) is 20.2 Å². The Bertz CT molecular complexity index is 1110. The molecule has 2 rings (SSSR count). The number of carbonyl (C=O) groups is 3. The first kappa shape index (κ1) is 24.9. The molecule has 0 radical (unpaired) electrons. The molecule has 11 nitrogen and oxygen atoms in total. The molecule has 1 aromatic heterocycles. The van der Waals surface area contributed by atoms with Gasteiger partial charge in [-0.3, -0.25) is 19.5 Å². The van der Waals surface area contributed by atoms with Gasteiger partial charge in [-0.2, -0.15) is 5.10 Å². The average Bonchev–Trinajstić information content (AvgIpc) is 3.15. The molecule has 0 aliphatic carbocycles. The van der Waals surface area contributed by atoms with Crippen LogP contribution >= 0.6 is 0 Å². The van der Waals surface area contributed by atoms with Crippen molar-refractivity contribution < 1.29 is 27.5 Å². The Hall–Kier alpha value is -3.41. The van der Waals surface area contributed by atoms with E-state index in [0.717, 1.165) is 12.5 Å². The Morgan fingerprint density at radius 2 is 1.91 bits per heavy atom. The second kappa shape index (κ2) is 10.8. The maximum atomic E-state index is 12.9. The molecule has 2 aromatic rings. The van der Waals surface area contributed by atoms with Gasteiger partial charge < -0.3 is 15.8 Å². The van der Waals surface area contributed by atoms with Gasteiger partial charge in [-0.25, -0.2) is 13.1 Å². The van der Waals surface area contributed by atoms with Crippen LogP contribution in [0, 0.1) is 0 Å². The number of ether oxygens (including phenoxy) is 1. The zero-order valence-electron chi connectivity index (χ0n) is 18.1. The Morgan fingerprint density at radius 3 is 2.50 bits per heavy atom. The van der Waals surface area contributed by atoms with Crippen molar-refractivity contribution in [3.05, 3.63) is 40.7 Å². The van der Waals surface area contributed by atoms with Crippen LogP contribution < -0.4 is 20.5 Å². The van der Waals surface area contributed by atoms with Crippen LogP contribution in [0.3, 0.4) is 0 Å². The summed E-state index contributed by atoms with van der Waals surface area (Å²) >= 11 is 0. The monoisotopic (exact) mass is 465 g/mol. The maximum absolute atomic E-state index is 12.9. The van der Waals surface area contributed by atoms with Gasteiger partial charge in [0.1, 0.15) is 11.4 Å². The lowest BCUT2D eigenvalue weighted by Crippen LogP contribution is -2.30. The zero-order chi connectivity index (χ0) is 23.9. The van der Waals surface area contributed by atoms with Crippen molar-refractivity contribution in [3.8, 4) is 5.75 Å². The number of hydrogen-bond donors (Lipinski definition) is 4. The summed E-state index contributed by atoms with van der Waals surface area (Å²) in [7, 11) is -4.16. The zero-order valence-corrected chi connectivity index (χ0v) is 19.0. The van der Waals surface area contributed by atoms with Gasteiger partial charge in [-0.15, -0.1) is 0 Å². The van der Waals surface area contributed by atoms with Crippen LogP contribution in [0.1, 0.15) is 65.7 Å². The van der Waals surface area contributed by atoms with E-state index >= 15 is 0 Å². The first-order valence-electron chi connectivity index (χ1n) is 10.1. The summed E-state index contributed by atoms with van der Waals surface area (Å²) in [6.07, 6.45) is 1.32. The Morgan fingerprint density at radius 1 is 1.19 bits per heavy atom. The van der Waals surface area contributed by atoms with E-state index in [9.17, 15) is 22.8 Å². The number of aromatic amines is 1. The van der Waals surface area contributed by atoms with Crippen LogP contribution in [0.25, 0.3) is 0 Å². The van der Waals surface area contributed by atoms with E-state index in [2.05, 4.69) is 15.5 Å². The number of aromatic nitrogens is 2. The van der Waals surface area contributed by atoms with Crippen molar-refractivity contribution in [2.75, 3.05) is 6.61 Å². The molecule has 0 saturated carbocycles. The molecule has 12 heteroatoms. The van der Waals surface area contributed by atoms with Gasteiger partial charge in [0.2, 0.25) is 5.91 Å². The minimum Gasteiger partial charge on any atom is -0.493 e. The van der Waals surface area contributed by atoms with Gasteiger partial charge in [-0.1, -0.05) is 20.3 Å². The van der Waals surface area contributed by atoms with Crippen LogP contribution in [0.2, 0.25) is 0 Å². The van der Waals surface area contributed by atoms with Gasteiger partial charge >= 0.3 is 0 Å². The number of carbonyl (C=O) groups excluding carboxylic acids is 3. The molecule has 3 amide bonds. The molecular weight excluding hydrogens is 438 g/mol. The van der Waals surface area contributed by atoms with Crippen LogP contribution in [0.15, 0.2) is 23.1 Å². The van der Waals surface area contributed by atoms with E-state index in [0.29, 0.717) is 17.7 Å². The molecule has 1 aromatic carbocycles. The summed E-state index contributed by atoms with van der Waals surface area (Å²) < 4.78 is 32.3. The number of primary amides is 1. The summed E-state index contributed by atoms with van der Waals surface area (Å²) in [6, 6.07) is 3.72. The van der Waals surface area contributed by atoms with E-state index in [4.69, 9.17) is 10.5 Å². The fourth-order valence-electron chi connectivity index (χ4n) is 2.92. The topological polar surface area (TPSA) is 173 Å². The highest BCUT2D eigenvalue weighted by molar-refractivity contribution is 7.90. The second-order valence-corrected chi connectivity index (χ2v) is 8.48. The van der Waals surface area contributed by atoms with Crippen LogP contribution in [0.5, 0.6) is 5.75 Å². The fourth-order valence-corrected chi connectivity index (χ4v) is 4.00. The van der Waals surface area contributed by atoms with E-state index < -0.39 is 27.7 Å². The number of rotatable bonds is 11. The van der Waals surface area contributed by atoms with Crippen molar-refractivity contribution >= 4 is 27.7 Å². The number of nitrogens with zero attached hydrogens (tertiary/aromatic N) is 1. The summed E-state index contributed by atoms with van der Waals surface area (Å²) in [5.74, 6) is -1.85. The molecule has 0 aliphatic rings. The number of hydrogen-bond acceptors (Lipinski definition) is 7. The number of H-pyrrole nitrogens is 1. The number of nitrogens with two attached hydrogens (primary N) is 1. The molecule has 0 spiro atoms. The van der Waals surface area contributed by atoms with Crippen LogP contribution in [-0.4, -0.2) is 42.9 Å². The lowest BCUT2D eigenvalue weighted by atomic mass is 10.1. The molecule has 0 unspecified atom stereocenters. The second-order valence-electron chi connectivity index (χ2n) is 6.79. The van der Waals surface area contributed by atoms with Crippen molar-refractivity contribution in [2.45, 2.75) is 51.5 Å². The Kier molecular flexibility index (Phi) is 8.35. The number of amides is 3. The number of sulfonamides is 1. The summed E-state index contributed by atoms with van der Waals surface area (Å²) in [6.45, 7) is 5.37. The van der Waals surface area contributed by atoms with Gasteiger partial charge in [0.15, 0.2) is 0 Å². The minimum atomic E-state index is -4.16. The van der Waals surface area contributed by atoms with Crippen molar-refractivity contribution in [1.29, 1.82) is 0 Å². The Balaban J connectivity index is 2.36. The highest BCUT2D eigenvalue weighted by Gasteiger charge is 2.23. The van der Waals surface area contributed by atoms with E-state index in [1.165, 1.54) is 19.1 Å². The number of benzene rings is 1. The molecule has 0 aliphatic heterocycles. The normalized spacial score (nSPS) is 11.1. The quantitative estimate of drug-likeness (QED) is 0.383. The molecule has 0 bridgehead atoms. The third kappa shape index (κ3) is 5.84. The van der Waals surface area contributed by atoms with Gasteiger partial charge in [-0.05, 0) is 31.5 Å². The SMILES string of the molecule is CCCc1n[nH]c(C(N)=O)c1CNC(=O)c1cc(S(=O)(=O)NC(=O)CC)ccc1OCC. The van der Waals surface area contributed by atoms with E-state index in [-0.39, 0.29) is 41.5 Å². The molecule has 32 heavy (non-hydrogen) atoms. The van der Waals surface area contributed by atoms with Gasteiger partial charge in [0.05, 0.1) is 22.8 Å². The molecule has 5 N–H and O–H groups in total. The Labute approximate surface area is 186 Å². The van der Waals surface area contributed by atoms with Crippen molar-refractivity contribution in [2.24, 2.45) is 5.73 Å². The van der Waals surface area contributed by atoms with Crippen LogP contribution in [0.4, 0.5) is 0 Å². The predicted octanol–water partition coefficient (Wildman–Crippen LogP) is 1.00. The molecule has 0 atom stereocenters. The van der Waals surface area contributed by atoms with Crippen molar-refractivity contribution in [3.63, 3.8) is 0 Å². The highest BCUT2D eigenvalue weighted by Crippen LogP contribution is 2.23. The average molecular weight is 466 g/mol. The fraction of sp³-hybridized carbons (Fsp3) is 0.400. The molecule has 174 valence electrons. The van der Waals surface area contributed by atoms with Gasteiger partial charge in [0, 0.05) is 18.5 Å². The lowest BCUT2D eigenvalue weighted by molar-refractivity contribution is -0.119. The number of aryl methyl sites for hydroxylation is 1. The van der Waals surface area contributed by atoms with Gasteiger partial charge in [0.25, 0.3) is 21.8 Å². The smallest absolute Gasteiger partial charge is 0.267 e. The third-order valence-corrected chi connectivity index (χ3v) is 5.86. The van der Waals surface area contributed by atoms with E-state index in [1.54, 1.807) is 6.92 Å². The summed E-state index contributed by atoms with van der Waals surface area (Å²) in [5, 5.41) is 9.33. The molecule has 0 fully saturated rings. The van der Waals surface area contributed by atoms with E-state index in [1.807, 2.05) is 11.6 Å². The molecule has 1 heterocycles. The van der Waals surface area contributed by atoms with Crippen LogP contribution in [-0.2, 0) is 27.8 Å². The largest absolute Gasteiger partial charge is 0.493 e. The predicted molar refractivity (Wildman–Crippen MR) is 116 cm³/mol. The third-order valence-electron chi connectivity index (χ3n) is 4.49. The summed E-state index contributed by atoms with van der Waals surface area (Å²) in [4.78, 5) is 35.9. The molecule has 0 saturated heterocycles. The molecular formula is C20H27N5O6S. The first-order chi connectivity index (χ1) is 15.1. The summed E-state index contributed by atoms with van der Waals surface area (Å²) in [5.41, 5.74) is 6.50. The highest BCUT2D eigenvalue weighted by atomic mass is 32.2.